The number of hydrogen-bond acceptors (Lipinski definition) is 8. The highest BCUT2D eigenvalue weighted by Gasteiger charge is 2.53. The van der Waals surface area contributed by atoms with Crippen molar-refractivity contribution in [3.8, 4) is 0 Å². The summed E-state index contributed by atoms with van der Waals surface area (Å²) in [6.07, 6.45) is -0.753. The highest BCUT2D eigenvalue weighted by Crippen LogP contribution is 2.35. The lowest BCUT2D eigenvalue weighted by Crippen LogP contribution is -2.69. The van der Waals surface area contributed by atoms with E-state index >= 15 is 0 Å². The van der Waals surface area contributed by atoms with Gasteiger partial charge in [0.25, 0.3) is 0 Å². The van der Waals surface area contributed by atoms with E-state index in [4.69, 9.17) is 28.4 Å². The Morgan fingerprint density at radius 1 is 1.31 bits per heavy atom. The van der Waals surface area contributed by atoms with Crippen LogP contribution in [0.5, 0.6) is 0 Å². The van der Waals surface area contributed by atoms with E-state index in [1.807, 2.05) is 13.8 Å². The lowest BCUT2D eigenvalue weighted by molar-refractivity contribution is -0.374. The van der Waals surface area contributed by atoms with Crippen LogP contribution in [-0.2, 0) is 38.0 Å². The summed E-state index contributed by atoms with van der Waals surface area (Å²) < 4.78 is 34.8. The van der Waals surface area contributed by atoms with E-state index in [0.717, 1.165) is 12.8 Å². The zero-order chi connectivity index (χ0) is 21.6. The Hall–Kier alpha value is -1.26. The largest absolute Gasteiger partial charge is 0.469 e. The van der Waals surface area contributed by atoms with Crippen LogP contribution < -0.4 is 5.32 Å². The second-order valence-electron chi connectivity index (χ2n) is 7.98. The fourth-order valence-electron chi connectivity index (χ4n) is 3.49. The first-order valence-electron chi connectivity index (χ1n) is 10.2. The summed E-state index contributed by atoms with van der Waals surface area (Å²) in [7, 11) is 1.33. The van der Waals surface area contributed by atoms with Crippen LogP contribution in [0.3, 0.4) is 0 Å². The number of ether oxygens (including phenoxy) is 6. The van der Waals surface area contributed by atoms with Crippen molar-refractivity contribution in [2.45, 2.75) is 96.4 Å². The Kier molecular flexibility index (Phi) is 8.84. The molecular formula is C20H35NO8. The standard InChI is InChI=1S/C20H35NO8/c1-7-8-9-25-19-16(21-13(3)22)18(27-12(2)10-15(23)24-6)17-14(28-19)11-26-20(4,5)29-17/h12,14,16-19H,7-11H2,1-6H3,(H,21,22)/t12-,14?,16?,17-,18-,19+/m1/s1. The summed E-state index contributed by atoms with van der Waals surface area (Å²) >= 11 is 0. The first kappa shape index (κ1) is 24.0. The topological polar surface area (TPSA) is 102 Å². The van der Waals surface area contributed by atoms with Crippen molar-refractivity contribution in [1.82, 2.24) is 5.32 Å². The highest BCUT2D eigenvalue weighted by atomic mass is 16.8. The van der Waals surface area contributed by atoms with Gasteiger partial charge in [-0.15, -0.1) is 0 Å². The maximum atomic E-state index is 11.9. The third kappa shape index (κ3) is 6.89. The minimum atomic E-state index is -0.825. The number of nitrogens with one attached hydrogen (secondary N) is 1. The van der Waals surface area contributed by atoms with Gasteiger partial charge in [-0.3, -0.25) is 9.59 Å². The maximum absolute atomic E-state index is 11.9. The van der Waals surface area contributed by atoms with Crippen molar-refractivity contribution in [1.29, 1.82) is 0 Å². The monoisotopic (exact) mass is 417 g/mol. The average Bonchev–Trinajstić information content (AvgIpc) is 2.63. The third-order valence-corrected chi connectivity index (χ3v) is 4.88. The molecule has 0 bridgehead atoms. The third-order valence-electron chi connectivity index (χ3n) is 4.88. The Morgan fingerprint density at radius 2 is 2.03 bits per heavy atom. The van der Waals surface area contributed by atoms with E-state index in [9.17, 15) is 9.59 Å². The van der Waals surface area contributed by atoms with Gasteiger partial charge in [-0.2, -0.15) is 0 Å². The number of amides is 1. The maximum Gasteiger partial charge on any atom is 0.308 e. The Balaban J connectivity index is 2.25. The second kappa shape index (κ2) is 10.7. The van der Waals surface area contributed by atoms with Gasteiger partial charge in [-0.05, 0) is 27.2 Å². The molecule has 2 heterocycles. The lowest BCUT2D eigenvalue weighted by atomic mass is 9.94. The molecule has 0 spiro atoms. The van der Waals surface area contributed by atoms with Crippen molar-refractivity contribution in [3.63, 3.8) is 0 Å². The quantitative estimate of drug-likeness (QED) is 0.445. The lowest BCUT2D eigenvalue weighted by Gasteiger charge is -2.51. The molecule has 0 aromatic heterocycles. The number of carbonyl (C=O) groups is 2. The van der Waals surface area contributed by atoms with E-state index in [1.165, 1.54) is 14.0 Å². The molecule has 2 rings (SSSR count). The normalized spacial score (nSPS) is 32.1. The molecule has 2 unspecified atom stereocenters. The van der Waals surface area contributed by atoms with Gasteiger partial charge in [0.1, 0.15) is 24.4 Å². The Labute approximate surface area is 172 Å². The number of unbranched alkanes of at least 4 members (excludes halogenated alkanes) is 1. The molecule has 2 saturated heterocycles. The molecule has 1 amide bonds. The van der Waals surface area contributed by atoms with Crippen LogP contribution in [0.2, 0.25) is 0 Å². The van der Waals surface area contributed by atoms with E-state index < -0.39 is 42.5 Å². The average molecular weight is 417 g/mol. The molecule has 2 fully saturated rings. The molecular weight excluding hydrogens is 382 g/mol. The van der Waals surface area contributed by atoms with Gasteiger partial charge < -0.3 is 33.7 Å². The van der Waals surface area contributed by atoms with Gasteiger partial charge in [0.2, 0.25) is 5.91 Å². The highest BCUT2D eigenvalue weighted by molar-refractivity contribution is 5.73. The Bertz CT molecular complexity index is 555. The van der Waals surface area contributed by atoms with Crippen LogP contribution in [0.1, 0.15) is 53.9 Å². The van der Waals surface area contributed by atoms with Gasteiger partial charge in [-0.1, -0.05) is 13.3 Å². The predicted molar refractivity (Wildman–Crippen MR) is 103 cm³/mol. The molecule has 0 radical (unpaired) electrons. The SMILES string of the molecule is CCCCO[C@H]1OC2COC(C)(C)O[C@H]2[C@H](O[C@H](C)CC(=O)OC)C1NC(C)=O. The van der Waals surface area contributed by atoms with E-state index in [1.54, 1.807) is 6.92 Å². The molecule has 9 heteroatoms. The summed E-state index contributed by atoms with van der Waals surface area (Å²) in [6.45, 7) is 9.71. The zero-order valence-electron chi connectivity index (χ0n) is 18.3. The van der Waals surface area contributed by atoms with E-state index in [0.29, 0.717) is 13.2 Å². The van der Waals surface area contributed by atoms with Crippen molar-refractivity contribution in [2.24, 2.45) is 0 Å². The van der Waals surface area contributed by atoms with Crippen molar-refractivity contribution in [3.05, 3.63) is 0 Å². The molecule has 168 valence electrons. The number of hydrogen-bond donors (Lipinski definition) is 1. The van der Waals surface area contributed by atoms with Crippen LogP contribution in [0.15, 0.2) is 0 Å². The van der Waals surface area contributed by atoms with Crippen molar-refractivity contribution >= 4 is 11.9 Å². The fraction of sp³-hybridized carbons (Fsp3) is 0.900. The summed E-state index contributed by atoms with van der Waals surface area (Å²) in [4.78, 5) is 23.6. The Morgan fingerprint density at radius 3 is 2.66 bits per heavy atom. The number of methoxy groups -OCH3 is 1. The summed E-state index contributed by atoms with van der Waals surface area (Å²) in [6, 6.07) is -0.598. The summed E-state index contributed by atoms with van der Waals surface area (Å²) in [5, 5.41) is 2.89. The number of fused-ring (bicyclic) bond motifs is 1. The van der Waals surface area contributed by atoms with Gasteiger partial charge in [-0.25, -0.2) is 0 Å². The zero-order valence-corrected chi connectivity index (χ0v) is 18.3. The first-order chi connectivity index (χ1) is 13.7. The van der Waals surface area contributed by atoms with Gasteiger partial charge in [0, 0.05) is 13.5 Å². The van der Waals surface area contributed by atoms with Crippen molar-refractivity contribution < 1.29 is 38.0 Å². The molecule has 0 aliphatic carbocycles. The van der Waals surface area contributed by atoms with Crippen LogP contribution >= 0.6 is 0 Å². The molecule has 0 aromatic carbocycles. The molecule has 9 nitrogen and oxygen atoms in total. The second-order valence-corrected chi connectivity index (χ2v) is 7.98. The molecule has 2 aliphatic heterocycles. The molecule has 2 aliphatic rings. The minimum absolute atomic E-state index is 0.0826. The first-order valence-corrected chi connectivity index (χ1v) is 10.2. The van der Waals surface area contributed by atoms with Crippen LogP contribution in [-0.4, -0.2) is 74.7 Å². The van der Waals surface area contributed by atoms with E-state index in [-0.39, 0.29) is 18.3 Å². The number of esters is 1. The van der Waals surface area contributed by atoms with Crippen molar-refractivity contribution in [2.75, 3.05) is 20.3 Å². The molecule has 29 heavy (non-hydrogen) atoms. The molecule has 6 atom stereocenters. The van der Waals surface area contributed by atoms with Gasteiger partial charge >= 0.3 is 5.97 Å². The smallest absolute Gasteiger partial charge is 0.308 e. The molecule has 1 N–H and O–H groups in total. The molecule has 0 aromatic rings. The number of carbonyl (C=O) groups excluding carboxylic acids is 2. The molecule has 0 saturated carbocycles. The minimum Gasteiger partial charge on any atom is -0.469 e. The van der Waals surface area contributed by atoms with E-state index in [2.05, 4.69) is 12.2 Å². The summed E-state index contributed by atoms with van der Waals surface area (Å²) in [5.41, 5.74) is 0. The van der Waals surface area contributed by atoms with Gasteiger partial charge in [0.05, 0.1) is 26.2 Å². The van der Waals surface area contributed by atoms with Crippen LogP contribution in [0.25, 0.3) is 0 Å². The predicted octanol–water partition coefficient (Wildman–Crippen LogP) is 1.52. The number of rotatable bonds is 9. The summed E-state index contributed by atoms with van der Waals surface area (Å²) in [5.74, 6) is -1.43. The van der Waals surface area contributed by atoms with Crippen LogP contribution in [0.4, 0.5) is 0 Å². The van der Waals surface area contributed by atoms with Gasteiger partial charge in [0.15, 0.2) is 12.1 Å². The van der Waals surface area contributed by atoms with Crippen LogP contribution in [0, 0.1) is 0 Å². The fourth-order valence-corrected chi connectivity index (χ4v) is 3.49.